The van der Waals surface area contributed by atoms with Crippen molar-refractivity contribution >= 4 is 22.7 Å². The summed E-state index contributed by atoms with van der Waals surface area (Å²) >= 11 is 0. The Kier molecular flexibility index (Phi) is 4.60. The second-order valence-corrected chi connectivity index (χ2v) is 6.26. The zero-order valence-corrected chi connectivity index (χ0v) is 14.7. The molecule has 2 atom stereocenters. The first-order valence-electron chi connectivity index (χ1n) is 8.78. The standard InChI is InChI=1S/C17H19FN8O/c1-2-26-9-11(7-22-26)23-17-24-15-14(10(5-19)6-21-15)16(25-17)27-13-8-20-4-3-12(13)18/h6-7,9,12-13,20H,2-4,8H2,1H3,(H2,21,23,24,25)/t12-,13-/m0/s1. The maximum atomic E-state index is 14.2. The molecule has 0 saturated carbocycles. The third-order valence-corrected chi connectivity index (χ3v) is 4.44. The number of alkyl halides is 1. The number of rotatable bonds is 5. The monoisotopic (exact) mass is 370 g/mol. The number of aromatic amines is 1. The molecule has 4 rings (SSSR count). The van der Waals surface area contributed by atoms with Gasteiger partial charge in [0.1, 0.15) is 24.0 Å². The van der Waals surface area contributed by atoms with E-state index < -0.39 is 12.3 Å². The highest BCUT2D eigenvalue weighted by atomic mass is 19.1. The van der Waals surface area contributed by atoms with Crippen LogP contribution in [0.15, 0.2) is 18.6 Å². The Morgan fingerprint density at radius 2 is 2.37 bits per heavy atom. The van der Waals surface area contributed by atoms with Crippen molar-refractivity contribution < 1.29 is 9.13 Å². The summed E-state index contributed by atoms with van der Waals surface area (Å²) in [5, 5.41) is 20.2. The molecule has 1 aliphatic rings. The quantitative estimate of drug-likeness (QED) is 0.628. The number of nitriles is 1. The fourth-order valence-corrected chi connectivity index (χ4v) is 3.02. The number of aromatic nitrogens is 5. The van der Waals surface area contributed by atoms with Crippen LogP contribution in [0.4, 0.5) is 16.0 Å². The fraction of sp³-hybridized carbons (Fsp3) is 0.412. The molecule has 1 saturated heterocycles. The van der Waals surface area contributed by atoms with Gasteiger partial charge in [0.2, 0.25) is 11.8 Å². The van der Waals surface area contributed by atoms with Crippen LogP contribution in [-0.2, 0) is 6.54 Å². The summed E-state index contributed by atoms with van der Waals surface area (Å²) in [5.41, 5.74) is 1.52. The molecule has 0 bridgehead atoms. The van der Waals surface area contributed by atoms with Gasteiger partial charge in [-0.2, -0.15) is 20.3 Å². The third kappa shape index (κ3) is 3.41. The van der Waals surface area contributed by atoms with E-state index >= 15 is 0 Å². The van der Waals surface area contributed by atoms with Gasteiger partial charge in [0.25, 0.3) is 0 Å². The Morgan fingerprint density at radius 3 is 3.11 bits per heavy atom. The number of aryl methyl sites for hydroxylation is 1. The van der Waals surface area contributed by atoms with Gasteiger partial charge in [-0.15, -0.1) is 0 Å². The van der Waals surface area contributed by atoms with Gasteiger partial charge in [-0.05, 0) is 19.9 Å². The predicted molar refractivity (Wildman–Crippen MR) is 96.6 cm³/mol. The van der Waals surface area contributed by atoms with Crippen LogP contribution in [0.5, 0.6) is 5.88 Å². The summed E-state index contributed by atoms with van der Waals surface area (Å²) < 4.78 is 21.9. The van der Waals surface area contributed by atoms with Crippen molar-refractivity contribution in [2.24, 2.45) is 0 Å². The zero-order valence-electron chi connectivity index (χ0n) is 14.7. The number of ether oxygens (including phenoxy) is 1. The van der Waals surface area contributed by atoms with Gasteiger partial charge in [-0.3, -0.25) is 4.68 Å². The van der Waals surface area contributed by atoms with Gasteiger partial charge in [0.05, 0.1) is 22.8 Å². The summed E-state index contributed by atoms with van der Waals surface area (Å²) in [6.07, 6.45) is 3.63. The van der Waals surface area contributed by atoms with Gasteiger partial charge >= 0.3 is 0 Å². The van der Waals surface area contributed by atoms with Crippen molar-refractivity contribution in [2.75, 3.05) is 18.4 Å². The molecule has 3 N–H and O–H groups in total. The summed E-state index contributed by atoms with van der Waals surface area (Å²) in [4.78, 5) is 11.7. The summed E-state index contributed by atoms with van der Waals surface area (Å²) in [6, 6.07) is 2.08. The van der Waals surface area contributed by atoms with E-state index in [9.17, 15) is 9.65 Å². The number of piperidine rings is 1. The van der Waals surface area contributed by atoms with Crippen molar-refractivity contribution in [3.63, 3.8) is 0 Å². The van der Waals surface area contributed by atoms with Gasteiger partial charge in [-0.1, -0.05) is 0 Å². The molecule has 0 amide bonds. The van der Waals surface area contributed by atoms with E-state index in [4.69, 9.17) is 4.74 Å². The van der Waals surface area contributed by atoms with Crippen molar-refractivity contribution in [3.8, 4) is 11.9 Å². The Bertz CT molecular complexity index is 991. The van der Waals surface area contributed by atoms with Crippen LogP contribution in [-0.4, -0.2) is 50.1 Å². The molecule has 1 aliphatic heterocycles. The number of fused-ring (bicyclic) bond motifs is 1. The lowest BCUT2D eigenvalue weighted by Crippen LogP contribution is -2.45. The lowest BCUT2D eigenvalue weighted by molar-refractivity contribution is 0.0722. The van der Waals surface area contributed by atoms with Crippen molar-refractivity contribution in [3.05, 3.63) is 24.2 Å². The average molecular weight is 370 g/mol. The first-order chi connectivity index (χ1) is 13.2. The molecule has 27 heavy (non-hydrogen) atoms. The molecule has 0 unspecified atom stereocenters. The smallest absolute Gasteiger partial charge is 0.232 e. The molecule has 9 nitrogen and oxygen atoms in total. The van der Waals surface area contributed by atoms with Gasteiger partial charge in [0, 0.05) is 25.5 Å². The van der Waals surface area contributed by atoms with E-state index in [0.29, 0.717) is 36.1 Å². The van der Waals surface area contributed by atoms with E-state index in [-0.39, 0.29) is 11.8 Å². The van der Waals surface area contributed by atoms with E-state index in [2.05, 4.69) is 36.8 Å². The van der Waals surface area contributed by atoms with E-state index in [1.807, 2.05) is 13.1 Å². The second kappa shape index (κ2) is 7.20. The van der Waals surface area contributed by atoms with Crippen LogP contribution >= 0.6 is 0 Å². The van der Waals surface area contributed by atoms with Crippen LogP contribution in [0.2, 0.25) is 0 Å². The SMILES string of the molecule is CCn1cc(Nc2nc(O[C@H]3CNCC[C@@H]3F)c3c(C#N)c[nH]c3n2)cn1. The predicted octanol–water partition coefficient (Wildman–Crippen LogP) is 1.87. The zero-order chi connectivity index (χ0) is 18.8. The van der Waals surface area contributed by atoms with Crippen LogP contribution in [0.1, 0.15) is 18.9 Å². The molecule has 0 radical (unpaired) electrons. The maximum absolute atomic E-state index is 14.2. The van der Waals surface area contributed by atoms with Crippen LogP contribution < -0.4 is 15.4 Å². The molecule has 0 spiro atoms. The van der Waals surface area contributed by atoms with Crippen molar-refractivity contribution in [1.29, 1.82) is 5.26 Å². The number of hydrogen-bond donors (Lipinski definition) is 3. The minimum atomic E-state index is -1.10. The second-order valence-electron chi connectivity index (χ2n) is 6.26. The van der Waals surface area contributed by atoms with Gasteiger partial charge in [-0.25, -0.2) is 4.39 Å². The summed E-state index contributed by atoms with van der Waals surface area (Å²) in [6.45, 7) is 3.72. The molecule has 4 heterocycles. The lowest BCUT2D eigenvalue weighted by Gasteiger charge is -2.27. The maximum Gasteiger partial charge on any atom is 0.232 e. The molecule has 10 heteroatoms. The van der Waals surface area contributed by atoms with Gasteiger partial charge in [0.15, 0.2) is 0 Å². The first kappa shape index (κ1) is 17.2. The molecular weight excluding hydrogens is 351 g/mol. The molecule has 140 valence electrons. The highest BCUT2D eigenvalue weighted by molar-refractivity contribution is 5.88. The van der Waals surface area contributed by atoms with E-state index in [0.717, 1.165) is 12.2 Å². The van der Waals surface area contributed by atoms with Crippen molar-refractivity contribution in [2.45, 2.75) is 32.2 Å². The topological polar surface area (TPSA) is 116 Å². The average Bonchev–Trinajstić information content (AvgIpc) is 3.30. The Balaban J connectivity index is 1.70. The highest BCUT2D eigenvalue weighted by Crippen LogP contribution is 2.30. The number of H-pyrrole nitrogens is 1. The van der Waals surface area contributed by atoms with Crippen LogP contribution in [0.3, 0.4) is 0 Å². The molecular formula is C17H19FN8O. The first-order valence-corrected chi connectivity index (χ1v) is 8.78. The number of halogens is 1. The number of nitrogens with one attached hydrogen (secondary N) is 3. The fourth-order valence-electron chi connectivity index (χ4n) is 3.02. The molecule has 3 aromatic rings. The van der Waals surface area contributed by atoms with Gasteiger partial charge < -0.3 is 20.4 Å². The Labute approximate surface area is 154 Å². The van der Waals surface area contributed by atoms with Crippen LogP contribution in [0.25, 0.3) is 11.0 Å². The third-order valence-electron chi connectivity index (χ3n) is 4.44. The molecule has 1 fully saturated rings. The summed E-state index contributed by atoms with van der Waals surface area (Å²) in [7, 11) is 0. The van der Waals surface area contributed by atoms with E-state index in [1.165, 1.54) is 6.20 Å². The minimum absolute atomic E-state index is 0.180. The highest BCUT2D eigenvalue weighted by Gasteiger charge is 2.28. The summed E-state index contributed by atoms with van der Waals surface area (Å²) in [5.74, 6) is 0.457. The Morgan fingerprint density at radius 1 is 1.48 bits per heavy atom. The van der Waals surface area contributed by atoms with E-state index in [1.54, 1.807) is 10.9 Å². The van der Waals surface area contributed by atoms with Crippen molar-refractivity contribution in [1.82, 2.24) is 30.0 Å². The molecule has 0 aromatic carbocycles. The largest absolute Gasteiger partial charge is 0.469 e. The Hall–Kier alpha value is -3.19. The normalized spacial score (nSPS) is 19.7. The van der Waals surface area contributed by atoms with Crippen LogP contribution in [0, 0.1) is 11.3 Å². The number of anilines is 2. The number of hydrogen-bond acceptors (Lipinski definition) is 7. The number of nitrogens with zero attached hydrogens (tertiary/aromatic N) is 5. The minimum Gasteiger partial charge on any atom is -0.469 e. The lowest BCUT2D eigenvalue weighted by atomic mass is 10.1. The molecule has 0 aliphatic carbocycles. The molecule has 3 aromatic heterocycles.